The van der Waals surface area contributed by atoms with E-state index in [1.807, 2.05) is 18.2 Å². The van der Waals surface area contributed by atoms with Gasteiger partial charge in [0.1, 0.15) is 0 Å². The molecule has 0 saturated carbocycles. The topological polar surface area (TPSA) is 36.1 Å². The zero-order chi connectivity index (χ0) is 19.1. The first-order chi connectivity index (χ1) is 12.4. The molecule has 1 aliphatic carbocycles. The van der Waals surface area contributed by atoms with Gasteiger partial charge in [-0.05, 0) is 48.8 Å². The van der Waals surface area contributed by atoms with Crippen LogP contribution in [0.2, 0.25) is 0 Å². The van der Waals surface area contributed by atoms with Gasteiger partial charge >= 0.3 is 0 Å². The van der Waals surface area contributed by atoms with Crippen molar-refractivity contribution >= 4 is 50.9 Å². The van der Waals surface area contributed by atoms with Crippen LogP contribution in [0.4, 0.5) is 0 Å². The number of aromatic nitrogens is 1. The Morgan fingerprint density at radius 2 is 1.92 bits per heavy atom. The van der Waals surface area contributed by atoms with Gasteiger partial charge < -0.3 is 9.88 Å². The van der Waals surface area contributed by atoms with Crippen LogP contribution in [0.15, 0.2) is 63.7 Å². The molecule has 0 spiro atoms. The largest absolute Gasteiger partial charge is 0.355 e. The molecule has 1 heterocycles. The number of fused-ring (bicyclic) bond motifs is 1. The molecule has 0 saturated heterocycles. The van der Waals surface area contributed by atoms with Crippen molar-refractivity contribution in [1.82, 2.24) is 9.88 Å². The van der Waals surface area contributed by atoms with Crippen molar-refractivity contribution in [3.05, 3.63) is 74.9 Å². The Balaban J connectivity index is 0.000000431. The lowest BCUT2D eigenvalue weighted by Gasteiger charge is -1.94. The molecule has 136 valence electrons. The first-order valence-corrected chi connectivity index (χ1v) is 9.39. The summed E-state index contributed by atoms with van der Waals surface area (Å²) in [6, 6.07) is 6.31. The number of rotatable bonds is 3. The minimum atomic E-state index is 0.750. The third-order valence-corrected chi connectivity index (χ3v) is 4.59. The fraction of sp³-hybridized carbons (Fsp3) is 0.190. The molecule has 1 aromatic carbocycles. The molecule has 1 aliphatic rings. The second kappa shape index (κ2) is 9.60. The standard InChI is InChI=1S/C18H15BrClN.C3H7NO/c1-12-16-9-7-14(19)11-18(16)21-17(12)10-6-13-3-2-4-15(20)8-5-13;1-4(2)3-5/h3-11,21H,2H2,1H3;3H,1-2H3/b10-6+;. The van der Waals surface area contributed by atoms with E-state index in [0.717, 1.165) is 33.5 Å². The van der Waals surface area contributed by atoms with E-state index in [0.29, 0.717) is 0 Å². The van der Waals surface area contributed by atoms with Crippen LogP contribution in [0.1, 0.15) is 17.7 Å². The van der Waals surface area contributed by atoms with E-state index in [9.17, 15) is 4.79 Å². The highest BCUT2D eigenvalue weighted by Crippen LogP contribution is 2.26. The summed E-state index contributed by atoms with van der Waals surface area (Å²) < 4.78 is 1.09. The Kier molecular flexibility index (Phi) is 7.49. The number of nitrogens with one attached hydrogen (secondary N) is 1. The third kappa shape index (κ3) is 5.75. The smallest absolute Gasteiger partial charge is 0.209 e. The third-order valence-electron chi connectivity index (χ3n) is 3.81. The Labute approximate surface area is 167 Å². The maximum absolute atomic E-state index is 9.43. The molecule has 5 heteroatoms. The average molecular weight is 434 g/mol. The van der Waals surface area contributed by atoms with Crippen LogP contribution in [0.25, 0.3) is 17.0 Å². The van der Waals surface area contributed by atoms with E-state index in [4.69, 9.17) is 11.6 Å². The number of carbonyl (C=O) groups is 1. The number of aryl methyl sites for hydroxylation is 1. The summed E-state index contributed by atoms with van der Waals surface area (Å²) in [6.07, 6.45) is 14.0. The SMILES string of the molecule is CN(C)C=O.Cc1c(/C=C/C2=CCC=C(Cl)C=C2)[nH]c2cc(Br)ccc12. The first kappa shape index (κ1) is 20.3. The highest BCUT2D eigenvalue weighted by Gasteiger charge is 2.05. The zero-order valence-electron chi connectivity index (χ0n) is 15.1. The van der Waals surface area contributed by atoms with Crippen molar-refractivity contribution in [3.8, 4) is 0 Å². The molecule has 0 fully saturated rings. The molecule has 0 radical (unpaired) electrons. The molecule has 0 unspecified atom stereocenters. The first-order valence-electron chi connectivity index (χ1n) is 8.22. The minimum absolute atomic E-state index is 0.750. The average Bonchev–Trinajstić information content (AvgIpc) is 2.77. The maximum Gasteiger partial charge on any atom is 0.209 e. The fourth-order valence-corrected chi connectivity index (χ4v) is 2.93. The van der Waals surface area contributed by atoms with Crippen molar-refractivity contribution in [2.45, 2.75) is 13.3 Å². The lowest BCUT2D eigenvalue weighted by atomic mass is 10.1. The summed E-state index contributed by atoms with van der Waals surface area (Å²) in [6.45, 7) is 2.14. The lowest BCUT2D eigenvalue weighted by molar-refractivity contribution is -0.115. The summed E-state index contributed by atoms with van der Waals surface area (Å²) in [5.74, 6) is 0. The van der Waals surface area contributed by atoms with E-state index in [2.05, 4.69) is 64.3 Å². The van der Waals surface area contributed by atoms with Crippen LogP contribution >= 0.6 is 27.5 Å². The molecule has 0 bridgehead atoms. The van der Waals surface area contributed by atoms with Gasteiger partial charge in [0, 0.05) is 40.2 Å². The number of H-pyrrole nitrogens is 1. The van der Waals surface area contributed by atoms with E-state index < -0.39 is 0 Å². The monoisotopic (exact) mass is 432 g/mol. The van der Waals surface area contributed by atoms with Crippen molar-refractivity contribution in [1.29, 1.82) is 0 Å². The zero-order valence-corrected chi connectivity index (χ0v) is 17.4. The summed E-state index contributed by atoms with van der Waals surface area (Å²) in [4.78, 5) is 14.3. The van der Waals surface area contributed by atoms with Crippen molar-refractivity contribution < 1.29 is 4.79 Å². The van der Waals surface area contributed by atoms with Gasteiger partial charge in [-0.25, -0.2) is 0 Å². The van der Waals surface area contributed by atoms with E-state index in [1.165, 1.54) is 21.4 Å². The molecular formula is C21H22BrClN2O. The number of hydrogen-bond donors (Lipinski definition) is 1. The summed E-state index contributed by atoms with van der Waals surface area (Å²) in [5, 5.41) is 2.05. The molecule has 0 atom stereocenters. The van der Waals surface area contributed by atoms with Gasteiger partial charge in [0.25, 0.3) is 0 Å². The van der Waals surface area contributed by atoms with Crippen molar-refractivity contribution in [2.75, 3.05) is 14.1 Å². The molecule has 0 aliphatic heterocycles. The highest BCUT2D eigenvalue weighted by molar-refractivity contribution is 9.10. The molecule has 1 amide bonds. The van der Waals surface area contributed by atoms with E-state index in [-0.39, 0.29) is 0 Å². The van der Waals surface area contributed by atoms with Crippen molar-refractivity contribution in [2.24, 2.45) is 0 Å². The number of hydrogen-bond acceptors (Lipinski definition) is 1. The van der Waals surface area contributed by atoms with Gasteiger partial charge in [-0.3, -0.25) is 4.79 Å². The fourth-order valence-electron chi connectivity index (χ4n) is 2.42. The number of carbonyl (C=O) groups excluding carboxylic acids is 1. The molecule has 3 nitrogen and oxygen atoms in total. The van der Waals surface area contributed by atoms with Crippen LogP contribution in [0.5, 0.6) is 0 Å². The Hall–Kier alpha value is -2.04. The van der Waals surface area contributed by atoms with E-state index >= 15 is 0 Å². The lowest BCUT2D eigenvalue weighted by Crippen LogP contribution is -2.06. The Morgan fingerprint density at radius 1 is 1.19 bits per heavy atom. The van der Waals surface area contributed by atoms with Gasteiger partial charge in [-0.15, -0.1) is 0 Å². The number of amides is 1. The quantitative estimate of drug-likeness (QED) is 0.595. The van der Waals surface area contributed by atoms with Crippen LogP contribution in [-0.4, -0.2) is 30.4 Å². The van der Waals surface area contributed by atoms with Crippen LogP contribution in [-0.2, 0) is 4.79 Å². The molecule has 1 N–H and O–H groups in total. The molecule has 26 heavy (non-hydrogen) atoms. The number of benzene rings is 1. The van der Waals surface area contributed by atoms with Crippen LogP contribution < -0.4 is 0 Å². The van der Waals surface area contributed by atoms with Gasteiger partial charge in [0.15, 0.2) is 0 Å². The molecule has 3 rings (SSSR count). The summed E-state index contributed by atoms with van der Waals surface area (Å²) in [7, 11) is 3.38. The second-order valence-electron chi connectivity index (χ2n) is 6.12. The highest BCUT2D eigenvalue weighted by atomic mass is 79.9. The summed E-state index contributed by atoms with van der Waals surface area (Å²) >= 11 is 9.51. The Bertz CT molecular complexity index is 904. The Morgan fingerprint density at radius 3 is 2.62 bits per heavy atom. The maximum atomic E-state index is 9.43. The van der Waals surface area contributed by atoms with Crippen molar-refractivity contribution in [3.63, 3.8) is 0 Å². The van der Waals surface area contributed by atoms with Gasteiger partial charge in [-0.1, -0.05) is 57.9 Å². The molecule has 1 aromatic heterocycles. The van der Waals surface area contributed by atoms with Gasteiger partial charge in [0.2, 0.25) is 6.41 Å². The summed E-state index contributed by atoms with van der Waals surface area (Å²) in [5.41, 5.74) is 4.72. The van der Waals surface area contributed by atoms with Crippen LogP contribution in [0.3, 0.4) is 0 Å². The van der Waals surface area contributed by atoms with Gasteiger partial charge in [0.05, 0.1) is 0 Å². The molecular weight excluding hydrogens is 412 g/mol. The number of nitrogens with zero attached hydrogens (tertiary/aromatic N) is 1. The minimum Gasteiger partial charge on any atom is -0.355 e. The van der Waals surface area contributed by atoms with E-state index in [1.54, 1.807) is 14.1 Å². The van der Waals surface area contributed by atoms with Gasteiger partial charge in [-0.2, -0.15) is 0 Å². The predicted molar refractivity (Wildman–Crippen MR) is 115 cm³/mol. The number of allylic oxidation sites excluding steroid dienone is 7. The molecule has 2 aromatic rings. The van der Waals surface area contributed by atoms with Crippen LogP contribution in [0, 0.1) is 6.92 Å². The number of halogens is 2. The number of aromatic amines is 1. The predicted octanol–water partition coefficient (Wildman–Crippen LogP) is 5.97. The normalized spacial score (nSPS) is 13.7. The second-order valence-corrected chi connectivity index (χ2v) is 7.47.